The molecule has 2 aliphatic carbocycles. The van der Waals surface area contributed by atoms with Crippen LogP contribution in [0.4, 0.5) is 11.8 Å². The molecule has 2 saturated carbocycles. The minimum absolute atomic E-state index is 0.231. The first kappa shape index (κ1) is 20.5. The van der Waals surface area contributed by atoms with Gasteiger partial charge in [0, 0.05) is 12.1 Å². The van der Waals surface area contributed by atoms with Gasteiger partial charge < -0.3 is 20.5 Å². The fourth-order valence-corrected chi connectivity index (χ4v) is 4.90. The average molecular weight is 437 g/mol. The number of esters is 1. The molecule has 1 spiro atoms. The molecule has 2 fully saturated rings. The van der Waals surface area contributed by atoms with Crippen LogP contribution in [-0.2, 0) is 11.3 Å². The first-order valence-electron chi connectivity index (χ1n) is 10.9. The number of ether oxygens (including phenoxy) is 2. The van der Waals surface area contributed by atoms with Gasteiger partial charge in [-0.25, -0.2) is 9.78 Å². The average Bonchev–Trinajstić information content (AvgIpc) is 3.50. The molecule has 0 saturated heterocycles. The van der Waals surface area contributed by atoms with Crippen molar-refractivity contribution in [3.8, 4) is 5.75 Å². The third-order valence-electron chi connectivity index (χ3n) is 6.76. The summed E-state index contributed by atoms with van der Waals surface area (Å²) in [5.41, 5.74) is 10.3. The summed E-state index contributed by atoms with van der Waals surface area (Å²) < 4.78 is 12.2. The van der Waals surface area contributed by atoms with Crippen LogP contribution in [0.3, 0.4) is 0 Å². The Hall–Kier alpha value is -3.36. The van der Waals surface area contributed by atoms with Crippen molar-refractivity contribution < 1.29 is 14.3 Å². The van der Waals surface area contributed by atoms with E-state index in [0.29, 0.717) is 35.0 Å². The predicted octanol–water partition coefficient (Wildman–Crippen LogP) is 3.16. The van der Waals surface area contributed by atoms with Crippen LogP contribution in [0.5, 0.6) is 5.75 Å². The lowest BCUT2D eigenvalue weighted by Gasteiger charge is -2.36. The summed E-state index contributed by atoms with van der Waals surface area (Å²) in [5, 5.41) is 8.21. The zero-order valence-electron chi connectivity index (χ0n) is 18.6. The molecule has 3 N–H and O–H groups in total. The topological polar surface area (TPSA) is 117 Å². The van der Waals surface area contributed by atoms with Crippen molar-refractivity contribution in [2.45, 2.75) is 39.2 Å². The smallest absolute Gasteiger partial charge is 0.337 e. The Kier molecular flexibility index (Phi) is 4.91. The largest absolute Gasteiger partial charge is 0.496 e. The fraction of sp³-hybridized carbons (Fsp3) is 0.478. The number of hydrogen-bond donors (Lipinski definition) is 2. The Morgan fingerprint density at radius 1 is 1.28 bits per heavy atom. The number of benzene rings is 1. The van der Waals surface area contributed by atoms with Gasteiger partial charge in [-0.2, -0.15) is 10.1 Å². The highest BCUT2D eigenvalue weighted by Gasteiger charge is 2.52. The molecule has 3 aromatic rings. The quantitative estimate of drug-likeness (QED) is 0.543. The lowest BCUT2D eigenvalue weighted by Crippen LogP contribution is -2.31. The van der Waals surface area contributed by atoms with Crippen LogP contribution in [0, 0.1) is 18.3 Å². The molecule has 2 heterocycles. The maximum atomic E-state index is 11.9. The third-order valence-corrected chi connectivity index (χ3v) is 6.76. The summed E-state index contributed by atoms with van der Waals surface area (Å²) in [6, 6.07) is 5.25. The van der Waals surface area contributed by atoms with Crippen molar-refractivity contribution in [1.29, 1.82) is 0 Å². The van der Waals surface area contributed by atoms with Gasteiger partial charge in [-0.15, -0.1) is 0 Å². The van der Waals surface area contributed by atoms with Crippen molar-refractivity contribution in [1.82, 2.24) is 19.7 Å². The number of carbonyl (C=O) groups excluding carboxylic acids is 1. The van der Waals surface area contributed by atoms with Crippen molar-refractivity contribution in [2.75, 3.05) is 31.8 Å². The molecule has 2 aromatic heterocycles. The standard InChI is InChI=1S/C23H28N6O3/c1-13-18-19(20(27-22(24)26-18)25-11-14-9-23(10-14)6-7-23)29(28-13)12-16-5-4-15(21(30)32-3)8-17(16)31-2/h4-5,8,14H,6-7,9-12H2,1-3H3,(H3,24,25,26,27). The van der Waals surface area contributed by atoms with Gasteiger partial charge in [-0.1, -0.05) is 6.07 Å². The number of aryl methyl sites for hydroxylation is 1. The second-order valence-corrected chi connectivity index (χ2v) is 9.04. The Bertz CT molecular complexity index is 1190. The van der Waals surface area contributed by atoms with E-state index in [1.54, 1.807) is 19.2 Å². The summed E-state index contributed by atoms with van der Waals surface area (Å²) in [6.45, 7) is 3.22. The molecule has 0 amide bonds. The predicted molar refractivity (Wildman–Crippen MR) is 121 cm³/mol. The van der Waals surface area contributed by atoms with Crippen molar-refractivity contribution in [3.63, 3.8) is 0 Å². The number of nitrogens with one attached hydrogen (secondary N) is 1. The van der Waals surface area contributed by atoms with E-state index < -0.39 is 5.97 Å². The molecule has 2 aliphatic rings. The summed E-state index contributed by atoms with van der Waals surface area (Å²) in [5.74, 6) is 1.79. The van der Waals surface area contributed by atoms with Gasteiger partial charge in [-0.3, -0.25) is 4.68 Å². The van der Waals surface area contributed by atoms with E-state index in [1.165, 1.54) is 32.8 Å². The number of methoxy groups -OCH3 is 2. The van der Waals surface area contributed by atoms with E-state index in [1.807, 2.05) is 17.7 Å². The molecule has 0 radical (unpaired) electrons. The first-order chi connectivity index (χ1) is 15.4. The van der Waals surface area contributed by atoms with Crippen LogP contribution < -0.4 is 15.8 Å². The second-order valence-electron chi connectivity index (χ2n) is 9.04. The van der Waals surface area contributed by atoms with Gasteiger partial charge in [-0.05, 0) is 56.1 Å². The number of aromatic nitrogens is 4. The molecule has 32 heavy (non-hydrogen) atoms. The van der Waals surface area contributed by atoms with E-state index >= 15 is 0 Å². The number of nitrogens with two attached hydrogens (primary N) is 1. The molecule has 0 unspecified atom stereocenters. The van der Waals surface area contributed by atoms with Gasteiger partial charge in [0.1, 0.15) is 16.8 Å². The monoisotopic (exact) mass is 436 g/mol. The molecule has 1 aromatic carbocycles. The number of rotatable bonds is 7. The van der Waals surface area contributed by atoms with Crippen LogP contribution in [-0.4, -0.2) is 46.5 Å². The number of hydrogen-bond acceptors (Lipinski definition) is 8. The van der Waals surface area contributed by atoms with E-state index in [-0.39, 0.29) is 5.95 Å². The molecule has 5 rings (SSSR count). The summed E-state index contributed by atoms with van der Waals surface area (Å²) >= 11 is 0. The highest BCUT2D eigenvalue weighted by Crippen LogP contribution is 2.63. The van der Waals surface area contributed by atoms with Crippen LogP contribution >= 0.6 is 0 Å². The molecule has 9 nitrogen and oxygen atoms in total. The lowest BCUT2D eigenvalue weighted by atomic mass is 9.72. The summed E-state index contributed by atoms with van der Waals surface area (Å²) in [6.07, 6.45) is 5.37. The van der Waals surface area contributed by atoms with Crippen LogP contribution in [0.1, 0.15) is 47.3 Å². The van der Waals surface area contributed by atoms with Gasteiger partial charge in [0.2, 0.25) is 5.95 Å². The van der Waals surface area contributed by atoms with E-state index in [0.717, 1.165) is 28.8 Å². The van der Waals surface area contributed by atoms with Crippen LogP contribution in [0.25, 0.3) is 11.0 Å². The third kappa shape index (κ3) is 3.61. The molecule has 0 aliphatic heterocycles. The summed E-state index contributed by atoms with van der Waals surface area (Å²) in [7, 11) is 2.93. The van der Waals surface area contributed by atoms with E-state index in [2.05, 4.69) is 15.3 Å². The van der Waals surface area contributed by atoms with Gasteiger partial charge in [0.25, 0.3) is 0 Å². The Balaban J connectivity index is 1.45. The van der Waals surface area contributed by atoms with Gasteiger partial charge >= 0.3 is 5.97 Å². The zero-order valence-corrected chi connectivity index (χ0v) is 18.6. The first-order valence-corrected chi connectivity index (χ1v) is 10.9. The highest BCUT2D eigenvalue weighted by atomic mass is 16.5. The Morgan fingerprint density at radius 3 is 2.75 bits per heavy atom. The van der Waals surface area contributed by atoms with Gasteiger partial charge in [0.15, 0.2) is 5.82 Å². The fourth-order valence-electron chi connectivity index (χ4n) is 4.90. The maximum absolute atomic E-state index is 11.9. The van der Waals surface area contributed by atoms with Crippen molar-refractivity contribution in [2.24, 2.45) is 11.3 Å². The van der Waals surface area contributed by atoms with Crippen molar-refractivity contribution in [3.05, 3.63) is 35.0 Å². The van der Waals surface area contributed by atoms with Gasteiger partial charge in [0.05, 0.1) is 32.0 Å². The minimum atomic E-state index is -0.408. The molecular weight excluding hydrogens is 408 g/mol. The molecule has 0 bridgehead atoms. The number of fused-ring (bicyclic) bond motifs is 1. The highest BCUT2D eigenvalue weighted by molar-refractivity contribution is 5.90. The lowest BCUT2D eigenvalue weighted by molar-refractivity contribution is 0.0600. The molecule has 0 atom stereocenters. The minimum Gasteiger partial charge on any atom is -0.496 e. The van der Waals surface area contributed by atoms with Crippen LogP contribution in [0.2, 0.25) is 0 Å². The SMILES string of the molecule is COC(=O)c1ccc(Cn2nc(C)c3nc(N)nc(NCC4CC5(CC5)C4)c32)c(OC)c1. The number of carbonyl (C=O) groups is 1. The van der Waals surface area contributed by atoms with E-state index in [9.17, 15) is 4.79 Å². The Labute approximate surface area is 186 Å². The summed E-state index contributed by atoms with van der Waals surface area (Å²) in [4.78, 5) is 20.8. The molecular formula is C23H28N6O3. The second kappa shape index (κ2) is 7.65. The maximum Gasteiger partial charge on any atom is 0.337 e. The number of nitrogen functional groups attached to an aromatic ring is 1. The molecule has 9 heteroatoms. The zero-order chi connectivity index (χ0) is 22.5. The Morgan fingerprint density at radius 2 is 2.06 bits per heavy atom. The van der Waals surface area contributed by atoms with Crippen molar-refractivity contribution >= 4 is 28.8 Å². The normalized spacial score (nSPS) is 16.7. The van der Waals surface area contributed by atoms with Crippen LogP contribution in [0.15, 0.2) is 18.2 Å². The molecule has 168 valence electrons. The number of anilines is 2. The van der Waals surface area contributed by atoms with E-state index in [4.69, 9.17) is 20.3 Å². The number of nitrogens with zero attached hydrogens (tertiary/aromatic N) is 4.